The van der Waals surface area contributed by atoms with Crippen molar-refractivity contribution in [1.82, 2.24) is 14.9 Å². The molecule has 1 aromatic carbocycles. The topological polar surface area (TPSA) is 29.9 Å². The lowest BCUT2D eigenvalue weighted by Crippen LogP contribution is -2.28. The molecule has 96 valence electrons. The SMILES string of the molecule is CCn1c(C2CCNCC2)nc2cccc(Cl)c21. The fourth-order valence-corrected chi connectivity index (χ4v) is 3.14. The van der Waals surface area contributed by atoms with Crippen LogP contribution in [-0.2, 0) is 6.54 Å². The Kier molecular flexibility index (Phi) is 3.27. The number of nitrogens with one attached hydrogen (secondary N) is 1. The predicted molar refractivity (Wildman–Crippen MR) is 75.3 cm³/mol. The Morgan fingerprint density at radius 2 is 2.17 bits per heavy atom. The highest BCUT2D eigenvalue weighted by Crippen LogP contribution is 2.31. The van der Waals surface area contributed by atoms with Gasteiger partial charge in [-0.2, -0.15) is 0 Å². The van der Waals surface area contributed by atoms with E-state index in [0.29, 0.717) is 5.92 Å². The smallest absolute Gasteiger partial charge is 0.113 e. The van der Waals surface area contributed by atoms with Crippen molar-refractivity contribution in [2.24, 2.45) is 0 Å². The Bertz CT molecular complexity index is 555. The molecule has 1 aliphatic heterocycles. The zero-order valence-corrected chi connectivity index (χ0v) is 11.4. The lowest BCUT2D eigenvalue weighted by Gasteiger charge is -2.22. The van der Waals surface area contributed by atoms with E-state index in [9.17, 15) is 0 Å². The number of nitrogens with zero attached hydrogens (tertiary/aromatic N) is 2. The molecule has 0 bridgehead atoms. The number of piperidine rings is 1. The van der Waals surface area contributed by atoms with Crippen LogP contribution in [0.15, 0.2) is 18.2 Å². The highest BCUT2D eigenvalue weighted by Gasteiger charge is 2.22. The summed E-state index contributed by atoms with van der Waals surface area (Å²) in [6, 6.07) is 5.98. The highest BCUT2D eigenvalue weighted by atomic mass is 35.5. The van der Waals surface area contributed by atoms with Crippen LogP contribution >= 0.6 is 11.6 Å². The van der Waals surface area contributed by atoms with Gasteiger partial charge in [-0.1, -0.05) is 17.7 Å². The maximum Gasteiger partial charge on any atom is 0.113 e. The third-order valence-corrected chi connectivity index (χ3v) is 4.07. The quantitative estimate of drug-likeness (QED) is 0.902. The molecule has 0 aliphatic carbocycles. The minimum atomic E-state index is 0.565. The van der Waals surface area contributed by atoms with E-state index in [1.54, 1.807) is 0 Å². The maximum atomic E-state index is 6.32. The summed E-state index contributed by atoms with van der Waals surface area (Å²) >= 11 is 6.32. The van der Waals surface area contributed by atoms with E-state index in [4.69, 9.17) is 16.6 Å². The van der Waals surface area contributed by atoms with Crippen molar-refractivity contribution in [3.8, 4) is 0 Å². The predicted octanol–water partition coefficient (Wildman–Crippen LogP) is 3.18. The molecule has 0 spiro atoms. The summed E-state index contributed by atoms with van der Waals surface area (Å²) in [5.74, 6) is 1.77. The molecule has 18 heavy (non-hydrogen) atoms. The monoisotopic (exact) mass is 263 g/mol. The second kappa shape index (κ2) is 4.90. The highest BCUT2D eigenvalue weighted by molar-refractivity contribution is 6.35. The van der Waals surface area contributed by atoms with E-state index in [2.05, 4.69) is 22.9 Å². The van der Waals surface area contributed by atoms with Crippen LogP contribution in [0.4, 0.5) is 0 Å². The van der Waals surface area contributed by atoms with Gasteiger partial charge in [0.1, 0.15) is 5.82 Å². The average molecular weight is 264 g/mol. The molecule has 3 rings (SSSR count). The van der Waals surface area contributed by atoms with Gasteiger partial charge in [0.2, 0.25) is 0 Å². The number of hydrogen-bond donors (Lipinski definition) is 1. The van der Waals surface area contributed by atoms with Gasteiger partial charge in [0, 0.05) is 12.5 Å². The van der Waals surface area contributed by atoms with E-state index < -0.39 is 0 Å². The largest absolute Gasteiger partial charge is 0.327 e. The zero-order valence-electron chi connectivity index (χ0n) is 10.6. The second-order valence-corrected chi connectivity index (χ2v) is 5.25. The van der Waals surface area contributed by atoms with Gasteiger partial charge in [0.25, 0.3) is 0 Å². The fraction of sp³-hybridized carbons (Fsp3) is 0.500. The molecular formula is C14H18ClN3. The molecule has 0 unspecified atom stereocenters. The molecule has 3 nitrogen and oxygen atoms in total. The van der Waals surface area contributed by atoms with E-state index in [1.807, 2.05) is 12.1 Å². The number of rotatable bonds is 2. The molecule has 2 heterocycles. The normalized spacial score (nSPS) is 17.4. The molecule has 0 amide bonds. The number of halogens is 1. The van der Waals surface area contributed by atoms with Crippen molar-refractivity contribution in [3.05, 3.63) is 29.0 Å². The average Bonchev–Trinajstić information content (AvgIpc) is 2.79. The van der Waals surface area contributed by atoms with Crippen molar-refractivity contribution in [2.45, 2.75) is 32.2 Å². The van der Waals surface area contributed by atoms with Crippen molar-refractivity contribution in [3.63, 3.8) is 0 Å². The second-order valence-electron chi connectivity index (χ2n) is 4.85. The summed E-state index contributed by atoms with van der Waals surface area (Å²) in [6.45, 7) is 5.27. The first-order valence-corrected chi connectivity index (χ1v) is 7.04. The van der Waals surface area contributed by atoms with Gasteiger partial charge >= 0.3 is 0 Å². The van der Waals surface area contributed by atoms with Crippen molar-refractivity contribution < 1.29 is 0 Å². The number of aryl methyl sites for hydroxylation is 1. The molecule has 0 atom stereocenters. The van der Waals surface area contributed by atoms with Gasteiger partial charge in [0.05, 0.1) is 16.1 Å². The lowest BCUT2D eigenvalue weighted by atomic mass is 9.97. The number of para-hydroxylation sites is 1. The number of benzene rings is 1. The summed E-state index contributed by atoms with van der Waals surface area (Å²) < 4.78 is 2.29. The summed E-state index contributed by atoms with van der Waals surface area (Å²) in [7, 11) is 0. The van der Waals surface area contributed by atoms with Crippen LogP contribution in [0.2, 0.25) is 5.02 Å². The summed E-state index contributed by atoms with van der Waals surface area (Å²) in [5.41, 5.74) is 2.12. The van der Waals surface area contributed by atoms with E-state index in [-0.39, 0.29) is 0 Å². The summed E-state index contributed by atoms with van der Waals surface area (Å²) in [4.78, 5) is 4.82. The molecule has 2 aromatic rings. The van der Waals surface area contributed by atoms with Gasteiger partial charge in [-0.25, -0.2) is 4.98 Å². The number of fused-ring (bicyclic) bond motifs is 1. The van der Waals surface area contributed by atoms with Gasteiger partial charge < -0.3 is 9.88 Å². The minimum Gasteiger partial charge on any atom is -0.327 e. The lowest BCUT2D eigenvalue weighted by molar-refractivity contribution is 0.434. The molecular weight excluding hydrogens is 246 g/mol. The first kappa shape index (κ1) is 12.0. The van der Waals surface area contributed by atoms with Crippen LogP contribution in [0.1, 0.15) is 31.5 Å². The standard InChI is InChI=1S/C14H18ClN3/c1-2-18-13-11(15)4-3-5-12(13)17-14(18)10-6-8-16-9-7-10/h3-5,10,16H,2,6-9H2,1H3. The van der Waals surface area contributed by atoms with Crippen LogP contribution < -0.4 is 5.32 Å². The van der Waals surface area contributed by atoms with Crippen LogP contribution in [0, 0.1) is 0 Å². The molecule has 1 fully saturated rings. The fourth-order valence-electron chi connectivity index (χ4n) is 2.87. The van der Waals surface area contributed by atoms with Crippen molar-refractivity contribution in [1.29, 1.82) is 0 Å². The number of aromatic nitrogens is 2. The molecule has 1 aliphatic rings. The Hall–Kier alpha value is -1.06. The van der Waals surface area contributed by atoms with Crippen LogP contribution in [-0.4, -0.2) is 22.6 Å². The Balaban J connectivity index is 2.13. The Labute approximate surface area is 112 Å². The van der Waals surface area contributed by atoms with Crippen LogP contribution in [0.3, 0.4) is 0 Å². The van der Waals surface area contributed by atoms with Gasteiger partial charge in [-0.3, -0.25) is 0 Å². The molecule has 0 saturated carbocycles. The van der Waals surface area contributed by atoms with Crippen molar-refractivity contribution in [2.75, 3.05) is 13.1 Å². The Morgan fingerprint density at radius 3 is 2.89 bits per heavy atom. The van der Waals surface area contributed by atoms with Gasteiger partial charge in [-0.05, 0) is 45.0 Å². The maximum absolute atomic E-state index is 6.32. The molecule has 1 N–H and O–H groups in total. The van der Waals surface area contributed by atoms with Crippen LogP contribution in [0.5, 0.6) is 0 Å². The number of imidazole rings is 1. The van der Waals surface area contributed by atoms with Gasteiger partial charge in [0.15, 0.2) is 0 Å². The zero-order chi connectivity index (χ0) is 12.5. The molecule has 0 radical (unpaired) electrons. The molecule has 1 saturated heterocycles. The van der Waals surface area contributed by atoms with Crippen molar-refractivity contribution >= 4 is 22.6 Å². The summed E-state index contributed by atoms with van der Waals surface area (Å²) in [6.07, 6.45) is 2.34. The minimum absolute atomic E-state index is 0.565. The van der Waals surface area contributed by atoms with E-state index in [0.717, 1.165) is 35.7 Å². The molecule has 4 heteroatoms. The third-order valence-electron chi connectivity index (χ3n) is 3.77. The first-order chi connectivity index (χ1) is 8.81. The first-order valence-electron chi connectivity index (χ1n) is 6.66. The summed E-state index contributed by atoms with van der Waals surface area (Å²) in [5, 5.41) is 4.21. The third kappa shape index (κ3) is 1.91. The van der Waals surface area contributed by atoms with Crippen LogP contribution in [0.25, 0.3) is 11.0 Å². The van der Waals surface area contributed by atoms with E-state index in [1.165, 1.54) is 18.7 Å². The van der Waals surface area contributed by atoms with E-state index >= 15 is 0 Å². The number of hydrogen-bond acceptors (Lipinski definition) is 2. The molecule has 1 aromatic heterocycles. The Morgan fingerprint density at radius 1 is 1.39 bits per heavy atom. The van der Waals surface area contributed by atoms with Gasteiger partial charge in [-0.15, -0.1) is 0 Å².